The van der Waals surface area contributed by atoms with Crippen molar-refractivity contribution in [3.8, 4) is 0 Å². The van der Waals surface area contributed by atoms with Crippen LogP contribution in [0.5, 0.6) is 0 Å². The zero-order valence-corrected chi connectivity index (χ0v) is 9.65. The minimum atomic E-state index is -0.954. The second kappa shape index (κ2) is 5.84. The first-order chi connectivity index (χ1) is 8.25. The van der Waals surface area contributed by atoms with E-state index in [1.807, 2.05) is 0 Å². The zero-order valence-electron chi connectivity index (χ0n) is 9.65. The number of rotatable bonds is 5. The molecular formula is C12H17NO4. The van der Waals surface area contributed by atoms with Gasteiger partial charge in [-0.15, -0.1) is 0 Å². The van der Waals surface area contributed by atoms with Gasteiger partial charge in [0.15, 0.2) is 0 Å². The van der Waals surface area contributed by atoms with E-state index in [9.17, 15) is 4.79 Å². The van der Waals surface area contributed by atoms with E-state index in [0.29, 0.717) is 18.2 Å². The summed E-state index contributed by atoms with van der Waals surface area (Å²) in [6, 6.07) is 1.55. The Morgan fingerprint density at radius 1 is 1.47 bits per heavy atom. The summed E-state index contributed by atoms with van der Waals surface area (Å²) in [7, 11) is 0. The van der Waals surface area contributed by atoms with Crippen molar-refractivity contribution >= 4 is 5.97 Å². The minimum absolute atomic E-state index is 0.202. The Bertz CT molecular complexity index is 368. The molecule has 1 saturated heterocycles. The molecule has 0 amide bonds. The Kier molecular flexibility index (Phi) is 4.17. The predicted octanol–water partition coefficient (Wildman–Crippen LogP) is 1.49. The lowest BCUT2D eigenvalue weighted by atomic mass is 10.0. The molecule has 0 aromatic carbocycles. The lowest BCUT2D eigenvalue weighted by Gasteiger charge is -2.21. The Morgan fingerprint density at radius 2 is 2.24 bits per heavy atom. The molecule has 94 valence electrons. The van der Waals surface area contributed by atoms with Crippen molar-refractivity contribution in [1.29, 1.82) is 0 Å². The molecule has 0 bridgehead atoms. The summed E-state index contributed by atoms with van der Waals surface area (Å²) in [5.41, 5.74) is 0.202. The van der Waals surface area contributed by atoms with E-state index in [4.69, 9.17) is 14.3 Å². The number of carboxylic acids is 1. The van der Waals surface area contributed by atoms with Crippen LogP contribution in [-0.4, -0.2) is 30.8 Å². The molecule has 5 heteroatoms. The van der Waals surface area contributed by atoms with Crippen LogP contribution >= 0.6 is 0 Å². The first-order valence-electron chi connectivity index (χ1n) is 5.85. The molecule has 0 radical (unpaired) electrons. The Balaban J connectivity index is 1.71. The third kappa shape index (κ3) is 3.57. The SMILES string of the molecule is O=C(O)c1coc(CNCC2CCOCC2)c1. The smallest absolute Gasteiger partial charge is 0.338 e. The highest BCUT2D eigenvalue weighted by Crippen LogP contribution is 2.14. The van der Waals surface area contributed by atoms with Gasteiger partial charge in [0.1, 0.15) is 12.0 Å². The van der Waals surface area contributed by atoms with E-state index in [0.717, 1.165) is 32.6 Å². The Morgan fingerprint density at radius 3 is 2.88 bits per heavy atom. The minimum Gasteiger partial charge on any atom is -0.478 e. The third-order valence-corrected chi connectivity index (χ3v) is 2.97. The summed E-state index contributed by atoms with van der Waals surface area (Å²) < 4.78 is 10.4. The van der Waals surface area contributed by atoms with Gasteiger partial charge in [-0.3, -0.25) is 0 Å². The van der Waals surface area contributed by atoms with E-state index >= 15 is 0 Å². The molecule has 1 aliphatic rings. The van der Waals surface area contributed by atoms with Crippen molar-refractivity contribution in [3.63, 3.8) is 0 Å². The molecule has 1 fully saturated rings. The molecule has 0 aliphatic carbocycles. The quantitative estimate of drug-likeness (QED) is 0.814. The van der Waals surface area contributed by atoms with Crippen LogP contribution in [0.2, 0.25) is 0 Å². The van der Waals surface area contributed by atoms with Gasteiger partial charge in [0.2, 0.25) is 0 Å². The normalized spacial score (nSPS) is 17.2. The van der Waals surface area contributed by atoms with Crippen LogP contribution < -0.4 is 5.32 Å². The van der Waals surface area contributed by atoms with Crippen LogP contribution in [0.15, 0.2) is 16.7 Å². The number of ether oxygens (including phenoxy) is 1. The topological polar surface area (TPSA) is 71.7 Å². The monoisotopic (exact) mass is 239 g/mol. The van der Waals surface area contributed by atoms with Gasteiger partial charge in [-0.25, -0.2) is 4.79 Å². The average molecular weight is 239 g/mol. The maximum absolute atomic E-state index is 10.6. The molecule has 0 saturated carbocycles. The van der Waals surface area contributed by atoms with Crippen molar-refractivity contribution < 1.29 is 19.1 Å². The van der Waals surface area contributed by atoms with Crippen LogP contribution in [0.4, 0.5) is 0 Å². The van der Waals surface area contributed by atoms with Crippen molar-refractivity contribution in [2.75, 3.05) is 19.8 Å². The molecule has 1 aliphatic heterocycles. The fraction of sp³-hybridized carbons (Fsp3) is 0.583. The van der Waals surface area contributed by atoms with Gasteiger partial charge in [0.05, 0.1) is 12.1 Å². The van der Waals surface area contributed by atoms with E-state index in [1.54, 1.807) is 6.07 Å². The van der Waals surface area contributed by atoms with Crippen LogP contribution in [0, 0.1) is 5.92 Å². The molecule has 0 atom stereocenters. The molecule has 17 heavy (non-hydrogen) atoms. The molecule has 1 aromatic rings. The van der Waals surface area contributed by atoms with Gasteiger partial charge in [0, 0.05) is 13.2 Å². The summed E-state index contributed by atoms with van der Waals surface area (Å²) in [6.07, 6.45) is 3.45. The Hall–Kier alpha value is -1.33. The second-order valence-electron chi connectivity index (χ2n) is 4.29. The number of hydrogen-bond donors (Lipinski definition) is 2. The second-order valence-corrected chi connectivity index (χ2v) is 4.29. The van der Waals surface area contributed by atoms with Crippen LogP contribution in [0.25, 0.3) is 0 Å². The number of nitrogens with one attached hydrogen (secondary N) is 1. The predicted molar refractivity (Wildman–Crippen MR) is 60.9 cm³/mol. The number of carbonyl (C=O) groups is 1. The summed E-state index contributed by atoms with van der Waals surface area (Å²) in [5, 5.41) is 12.0. The lowest BCUT2D eigenvalue weighted by molar-refractivity contribution is 0.0661. The van der Waals surface area contributed by atoms with Gasteiger partial charge in [0.25, 0.3) is 0 Å². The number of hydrogen-bond acceptors (Lipinski definition) is 4. The van der Waals surface area contributed by atoms with Gasteiger partial charge in [-0.05, 0) is 31.4 Å². The van der Waals surface area contributed by atoms with E-state index in [1.165, 1.54) is 6.26 Å². The largest absolute Gasteiger partial charge is 0.478 e. The third-order valence-electron chi connectivity index (χ3n) is 2.97. The molecule has 0 spiro atoms. The fourth-order valence-electron chi connectivity index (χ4n) is 1.94. The molecule has 0 unspecified atom stereocenters. The highest BCUT2D eigenvalue weighted by atomic mass is 16.5. The molecular weight excluding hydrogens is 222 g/mol. The number of carboxylic acid groups (broad SMARTS) is 1. The van der Waals surface area contributed by atoms with Crippen LogP contribution in [0.3, 0.4) is 0 Å². The highest BCUT2D eigenvalue weighted by Gasteiger charge is 2.13. The van der Waals surface area contributed by atoms with Gasteiger partial charge < -0.3 is 19.6 Å². The summed E-state index contributed by atoms with van der Waals surface area (Å²) in [5.74, 6) is 0.358. The van der Waals surface area contributed by atoms with Crippen LogP contribution in [-0.2, 0) is 11.3 Å². The molecule has 5 nitrogen and oxygen atoms in total. The van der Waals surface area contributed by atoms with Crippen molar-refractivity contribution in [3.05, 3.63) is 23.7 Å². The molecule has 1 aromatic heterocycles. The van der Waals surface area contributed by atoms with Gasteiger partial charge >= 0.3 is 5.97 Å². The zero-order chi connectivity index (χ0) is 12.1. The van der Waals surface area contributed by atoms with Crippen molar-refractivity contribution in [2.24, 2.45) is 5.92 Å². The average Bonchev–Trinajstić information content (AvgIpc) is 2.79. The van der Waals surface area contributed by atoms with Crippen molar-refractivity contribution in [1.82, 2.24) is 5.32 Å². The van der Waals surface area contributed by atoms with E-state index in [-0.39, 0.29) is 5.56 Å². The van der Waals surface area contributed by atoms with Crippen molar-refractivity contribution in [2.45, 2.75) is 19.4 Å². The summed E-state index contributed by atoms with van der Waals surface area (Å²) in [4.78, 5) is 10.6. The van der Waals surface area contributed by atoms with Crippen LogP contribution in [0.1, 0.15) is 29.0 Å². The molecule has 2 rings (SSSR count). The number of furan rings is 1. The molecule has 2 heterocycles. The Labute approximate surface area is 99.8 Å². The van der Waals surface area contributed by atoms with E-state index < -0.39 is 5.97 Å². The summed E-state index contributed by atoms with van der Waals surface area (Å²) >= 11 is 0. The summed E-state index contributed by atoms with van der Waals surface area (Å²) in [6.45, 7) is 3.18. The van der Waals surface area contributed by atoms with Gasteiger partial charge in [-0.2, -0.15) is 0 Å². The number of aromatic carboxylic acids is 1. The maximum Gasteiger partial charge on any atom is 0.338 e. The highest BCUT2D eigenvalue weighted by molar-refractivity contribution is 5.87. The maximum atomic E-state index is 10.6. The van der Waals surface area contributed by atoms with Gasteiger partial charge in [-0.1, -0.05) is 0 Å². The molecule has 2 N–H and O–H groups in total. The first-order valence-corrected chi connectivity index (χ1v) is 5.85. The lowest BCUT2D eigenvalue weighted by Crippen LogP contribution is -2.27. The first kappa shape index (κ1) is 12.1. The van der Waals surface area contributed by atoms with E-state index in [2.05, 4.69) is 5.32 Å². The standard InChI is InChI=1S/C12H17NO4/c14-12(15)10-5-11(17-8-10)7-13-6-9-1-3-16-4-2-9/h5,8-9,13H,1-4,6-7H2,(H,14,15). The fourth-order valence-corrected chi connectivity index (χ4v) is 1.94.